The van der Waals surface area contributed by atoms with Crippen LogP contribution in [0.25, 0.3) is 11.8 Å². The lowest BCUT2D eigenvalue weighted by Crippen LogP contribution is -2.20. The Kier molecular flexibility index (Phi) is 1.57. The molecule has 1 heteroatoms. The largest absolute Gasteiger partial charge is 0.344 e. The zero-order valence-electron chi connectivity index (χ0n) is 7.85. The van der Waals surface area contributed by atoms with Crippen LogP contribution < -0.4 is 0 Å². The molecule has 0 radical (unpaired) electrons. The van der Waals surface area contributed by atoms with E-state index in [0.717, 1.165) is 6.54 Å². The lowest BCUT2D eigenvalue weighted by molar-refractivity contribution is 0.587. The van der Waals surface area contributed by atoms with Crippen LogP contribution in [-0.4, -0.2) is 11.4 Å². The molecule has 0 atom stereocenters. The van der Waals surface area contributed by atoms with Crippen molar-refractivity contribution in [2.45, 2.75) is 0 Å². The number of benzene rings is 1. The van der Waals surface area contributed by atoms with Gasteiger partial charge in [-0.3, -0.25) is 0 Å². The Morgan fingerprint density at radius 1 is 1.14 bits per heavy atom. The normalized spacial score (nSPS) is 17.4. The summed E-state index contributed by atoms with van der Waals surface area (Å²) < 4.78 is 0. The van der Waals surface area contributed by atoms with Crippen molar-refractivity contribution in [1.82, 2.24) is 4.90 Å². The van der Waals surface area contributed by atoms with Crippen molar-refractivity contribution in [3.63, 3.8) is 0 Å². The average Bonchev–Trinajstić information content (AvgIpc) is 2.29. The monoisotopic (exact) mass is 181 g/mol. The lowest BCUT2D eigenvalue weighted by atomic mass is 9.99. The van der Waals surface area contributed by atoms with Crippen molar-refractivity contribution >= 4 is 11.8 Å². The van der Waals surface area contributed by atoms with Gasteiger partial charge in [0.1, 0.15) is 0 Å². The number of nitrogens with zero attached hydrogens (tertiary/aromatic N) is 1. The summed E-state index contributed by atoms with van der Waals surface area (Å²) in [4.78, 5) is 2.27. The number of rotatable bonds is 0. The maximum absolute atomic E-state index is 2.27. The van der Waals surface area contributed by atoms with Gasteiger partial charge in [0, 0.05) is 24.0 Å². The highest BCUT2D eigenvalue weighted by atomic mass is 15.1. The van der Waals surface area contributed by atoms with Crippen LogP contribution in [0.5, 0.6) is 0 Å². The number of allylic oxidation sites excluding steroid dienone is 2. The summed E-state index contributed by atoms with van der Waals surface area (Å²) in [6, 6.07) is 8.51. The van der Waals surface area contributed by atoms with Crippen LogP contribution >= 0.6 is 0 Å². The van der Waals surface area contributed by atoms with Crippen molar-refractivity contribution in [1.29, 1.82) is 0 Å². The van der Waals surface area contributed by atoms with Gasteiger partial charge in [0.2, 0.25) is 0 Å². The van der Waals surface area contributed by atoms with E-state index in [1.54, 1.807) is 0 Å². The van der Waals surface area contributed by atoms with Crippen molar-refractivity contribution < 1.29 is 0 Å². The van der Waals surface area contributed by atoms with Gasteiger partial charge in [-0.05, 0) is 17.7 Å². The van der Waals surface area contributed by atoms with Crippen LogP contribution in [-0.2, 0) is 0 Å². The molecule has 0 aliphatic carbocycles. The van der Waals surface area contributed by atoms with Crippen LogP contribution in [0.4, 0.5) is 0 Å². The first-order valence-electron chi connectivity index (χ1n) is 4.86. The molecule has 0 unspecified atom stereocenters. The Balaban J connectivity index is 2.22. The van der Waals surface area contributed by atoms with Crippen LogP contribution in [0.3, 0.4) is 0 Å². The molecule has 0 fully saturated rings. The third-order valence-corrected chi connectivity index (χ3v) is 2.67. The molecule has 2 aliphatic rings. The topological polar surface area (TPSA) is 3.24 Å². The van der Waals surface area contributed by atoms with E-state index in [0.29, 0.717) is 0 Å². The van der Waals surface area contributed by atoms with Gasteiger partial charge in [0.05, 0.1) is 0 Å². The summed E-state index contributed by atoms with van der Waals surface area (Å²) in [7, 11) is 0. The molecule has 1 nitrogen and oxygen atoms in total. The van der Waals surface area contributed by atoms with Crippen molar-refractivity contribution in [2.24, 2.45) is 0 Å². The van der Waals surface area contributed by atoms with Crippen molar-refractivity contribution in [3.8, 4) is 0 Å². The molecular weight excluding hydrogens is 170 g/mol. The highest BCUT2D eigenvalue weighted by Gasteiger charge is 2.15. The molecule has 3 rings (SSSR count). The summed E-state index contributed by atoms with van der Waals surface area (Å²) in [5.74, 6) is 0. The van der Waals surface area contributed by atoms with E-state index < -0.39 is 0 Å². The average molecular weight is 181 g/mol. The third kappa shape index (κ3) is 1.02. The fourth-order valence-electron chi connectivity index (χ4n) is 1.96. The fraction of sp³-hybridized carbons (Fsp3) is 0.0769. The second kappa shape index (κ2) is 2.88. The minimum absolute atomic E-state index is 0.983. The summed E-state index contributed by atoms with van der Waals surface area (Å²) in [6.45, 7) is 0.983. The molecular formula is C13H11N. The van der Waals surface area contributed by atoms with Crippen molar-refractivity contribution in [3.05, 3.63) is 59.8 Å². The number of fused-ring (bicyclic) bond motifs is 3. The second-order valence-corrected chi connectivity index (χ2v) is 3.54. The Morgan fingerprint density at radius 3 is 3.07 bits per heavy atom. The van der Waals surface area contributed by atoms with E-state index in [2.05, 4.69) is 59.7 Å². The molecule has 14 heavy (non-hydrogen) atoms. The summed E-state index contributed by atoms with van der Waals surface area (Å²) in [6.07, 6.45) is 10.8. The van der Waals surface area contributed by atoms with Gasteiger partial charge in [-0.25, -0.2) is 0 Å². The minimum atomic E-state index is 0.983. The first-order chi connectivity index (χ1) is 6.95. The highest BCUT2D eigenvalue weighted by molar-refractivity contribution is 5.79. The Morgan fingerprint density at radius 2 is 2.07 bits per heavy atom. The molecule has 0 saturated heterocycles. The molecule has 68 valence electrons. The minimum Gasteiger partial charge on any atom is -0.344 e. The van der Waals surface area contributed by atoms with E-state index in [1.807, 2.05) is 0 Å². The summed E-state index contributed by atoms with van der Waals surface area (Å²) in [5, 5.41) is 0. The fourth-order valence-corrected chi connectivity index (χ4v) is 1.96. The third-order valence-electron chi connectivity index (χ3n) is 2.67. The lowest BCUT2D eigenvalue weighted by Gasteiger charge is -2.29. The quantitative estimate of drug-likeness (QED) is 0.595. The van der Waals surface area contributed by atoms with E-state index in [1.165, 1.54) is 16.8 Å². The second-order valence-electron chi connectivity index (χ2n) is 3.54. The zero-order chi connectivity index (χ0) is 9.38. The van der Waals surface area contributed by atoms with Gasteiger partial charge in [0.25, 0.3) is 0 Å². The van der Waals surface area contributed by atoms with E-state index in [4.69, 9.17) is 0 Å². The van der Waals surface area contributed by atoms with Gasteiger partial charge < -0.3 is 4.90 Å². The van der Waals surface area contributed by atoms with Gasteiger partial charge >= 0.3 is 0 Å². The maximum Gasteiger partial charge on any atom is 0.0488 e. The van der Waals surface area contributed by atoms with Crippen LogP contribution in [0.15, 0.2) is 48.7 Å². The Bertz CT molecular complexity index is 452. The van der Waals surface area contributed by atoms with Crippen molar-refractivity contribution in [2.75, 3.05) is 6.54 Å². The van der Waals surface area contributed by atoms with Gasteiger partial charge in [-0.2, -0.15) is 0 Å². The SMILES string of the molecule is C1=CCN2C=Cc3ccccc3C2=C1. The zero-order valence-corrected chi connectivity index (χ0v) is 7.85. The molecule has 0 N–H and O–H groups in total. The van der Waals surface area contributed by atoms with E-state index in [-0.39, 0.29) is 0 Å². The van der Waals surface area contributed by atoms with Gasteiger partial charge in [-0.15, -0.1) is 0 Å². The first kappa shape index (κ1) is 7.63. The standard InChI is InChI=1S/C13H11N/c1-2-6-12-11(5-1)8-10-14-9-4-3-7-13(12)14/h1-8,10H,9H2. The van der Waals surface area contributed by atoms with Crippen LogP contribution in [0.2, 0.25) is 0 Å². The molecule has 2 aliphatic heterocycles. The molecule has 1 aromatic rings. The van der Waals surface area contributed by atoms with E-state index >= 15 is 0 Å². The number of hydrogen-bond acceptors (Lipinski definition) is 1. The predicted octanol–water partition coefficient (Wildman–Crippen LogP) is 2.88. The first-order valence-corrected chi connectivity index (χ1v) is 4.86. The highest BCUT2D eigenvalue weighted by Crippen LogP contribution is 2.30. The Hall–Kier alpha value is -1.76. The number of hydrogen-bond donors (Lipinski definition) is 0. The van der Waals surface area contributed by atoms with Gasteiger partial charge in [-0.1, -0.05) is 36.4 Å². The molecule has 0 bridgehead atoms. The maximum atomic E-state index is 2.27. The van der Waals surface area contributed by atoms with Crippen LogP contribution in [0.1, 0.15) is 11.1 Å². The molecule has 1 aromatic carbocycles. The van der Waals surface area contributed by atoms with Crippen LogP contribution in [0, 0.1) is 0 Å². The molecule has 0 amide bonds. The molecule has 0 aromatic heterocycles. The smallest absolute Gasteiger partial charge is 0.0488 e. The predicted molar refractivity (Wildman–Crippen MR) is 59.3 cm³/mol. The molecule has 0 spiro atoms. The molecule has 0 saturated carbocycles. The summed E-state index contributed by atoms with van der Waals surface area (Å²) in [5.41, 5.74) is 3.95. The summed E-state index contributed by atoms with van der Waals surface area (Å²) >= 11 is 0. The Labute approximate surface area is 83.7 Å². The van der Waals surface area contributed by atoms with E-state index in [9.17, 15) is 0 Å². The molecule has 2 heterocycles. The van der Waals surface area contributed by atoms with Gasteiger partial charge in [0.15, 0.2) is 0 Å².